The van der Waals surface area contributed by atoms with Gasteiger partial charge in [0.15, 0.2) is 5.78 Å². The van der Waals surface area contributed by atoms with Crippen molar-refractivity contribution in [2.24, 2.45) is 0 Å². The third-order valence-electron chi connectivity index (χ3n) is 3.11. The second kappa shape index (κ2) is 5.39. The number of ketones is 1. The van der Waals surface area contributed by atoms with Crippen LogP contribution >= 0.6 is 11.6 Å². The van der Waals surface area contributed by atoms with Crippen LogP contribution in [0.5, 0.6) is 0 Å². The zero-order chi connectivity index (χ0) is 13.9. The Morgan fingerprint density at radius 1 is 1.00 bits per heavy atom. The summed E-state index contributed by atoms with van der Waals surface area (Å²) in [7, 11) is 0. The second-order valence-electron chi connectivity index (χ2n) is 4.42. The predicted molar refractivity (Wildman–Crippen MR) is 79.0 cm³/mol. The van der Waals surface area contributed by atoms with Crippen LogP contribution in [0.15, 0.2) is 54.9 Å². The molecule has 1 aromatic carbocycles. The first-order chi connectivity index (χ1) is 9.75. The number of Topliss-reactive ketones (excluding diaryl/α,β-unsaturated/α-hetero) is 1. The molecular formula is C16H11ClN2O. The number of nitrogens with zero attached hydrogens (tertiary/aromatic N) is 2. The zero-order valence-corrected chi connectivity index (χ0v) is 11.3. The molecule has 2 aromatic heterocycles. The normalized spacial score (nSPS) is 10.7. The number of benzene rings is 1. The maximum absolute atomic E-state index is 12.3. The van der Waals surface area contributed by atoms with E-state index in [4.69, 9.17) is 11.6 Å². The molecule has 3 nitrogen and oxygen atoms in total. The fraction of sp³-hybridized carbons (Fsp3) is 0.0625. The Labute approximate surface area is 121 Å². The standard InChI is InChI=1S/C16H11ClN2O/c17-13-5-3-8-19-16(13)15(20)10-11-7-9-18-14-6-2-1-4-12(11)14/h1-9H,10H2. The Bertz CT molecular complexity index is 781. The van der Waals surface area contributed by atoms with Gasteiger partial charge < -0.3 is 0 Å². The van der Waals surface area contributed by atoms with E-state index in [1.807, 2.05) is 30.3 Å². The van der Waals surface area contributed by atoms with Crippen molar-refractivity contribution >= 4 is 28.3 Å². The van der Waals surface area contributed by atoms with Crippen molar-refractivity contribution < 1.29 is 4.79 Å². The summed E-state index contributed by atoms with van der Waals surface area (Å²) in [5.74, 6) is -0.0908. The van der Waals surface area contributed by atoms with Crippen LogP contribution in [0.2, 0.25) is 5.02 Å². The largest absolute Gasteiger partial charge is 0.292 e. The van der Waals surface area contributed by atoms with Crippen LogP contribution in [0.3, 0.4) is 0 Å². The summed E-state index contributed by atoms with van der Waals surface area (Å²) in [6, 6.07) is 13.0. The van der Waals surface area contributed by atoms with Crippen LogP contribution in [0.4, 0.5) is 0 Å². The maximum atomic E-state index is 12.3. The topological polar surface area (TPSA) is 42.9 Å². The zero-order valence-electron chi connectivity index (χ0n) is 10.6. The lowest BCUT2D eigenvalue weighted by molar-refractivity contribution is 0.0988. The summed E-state index contributed by atoms with van der Waals surface area (Å²) < 4.78 is 0. The summed E-state index contributed by atoms with van der Waals surface area (Å²) in [5, 5.41) is 1.37. The van der Waals surface area contributed by atoms with Gasteiger partial charge in [-0.05, 0) is 29.8 Å². The number of aromatic nitrogens is 2. The van der Waals surface area contributed by atoms with E-state index in [1.54, 1.807) is 24.5 Å². The van der Waals surface area contributed by atoms with E-state index in [-0.39, 0.29) is 12.2 Å². The SMILES string of the molecule is O=C(Cc1ccnc2ccccc12)c1ncccc1Cl. The van der Waals surface area contributed by atoms with Gasteiger partial charge in [0.1, 0.15) is 5.69 Å². The Morgan fingerprint density at radius 3 is 2.70 bits per heavy atom. The molecule has 0 N–H and O–H groups in total. The molecule has 0 spiro atoms. The van der Waals surface area contributed by atoms with Gasteiger partial charge >= 0.3 is 0 Å². The van der Waals surface area contributed by atoms with Gasteiger partial charge in [0.05, 0.1) is 10.5 Å². The number of fused-ring (bicyclic) bond motifs is 1. The first-order valence-electron chi connectivity index (χ1n) is 6.22. The summed E-state index contributed by atoms with van der Waals surface area (Å²) in [6.07, 6.45) is 3.55. The van der Waals surface area contributed by atoms with Gasteiger partial charge in [-0.2, -0.15) is 0 Å². The minimum Gasteiger partial charge on any atom is -0.292 e. The molecule has 0 radical (unpaired) electrons. The van der Waals surface area contributed by atoms with Gasteiger partial charge in [-0.25, -0.2) is 0 Å². The predicted octanol–water partition coefficient (Wildman–Crippen LogP) is 3.71. The van der Waals surface area contributed by atoms with E-state index in [0.717, 1.165) is 16.5 Å². The molecule has 0 atom stereocenters. The van der Waals surface area contributed by atoms with Crippen molar-refractivity contribution in [3.63, 3.8) is 0 Å². The third kappa shape index (κ3) is 2.40. The third-order valence-corrected chi connectivity index (χ3v) is 3.42. The first kappa shape index (κ1) is 12.8. The number of pyridine rings is 2. The molecule has 0 unspecified atom stereocenters. The quantitative estimate of drug-likeness (QED) is 0.688. The maximum Gasteiger partial charge on any atom is 0.187 e. The molecule has 0 aliphatic rings. The Kier molecular flexibility index (Phi) is 3.44. The Balaban J connectivity index is 1.98. The van der Waals surface area contributed by atoms with Crippen LogP contribution in [0.1, 0.15) is 16.1 Å². The molecule has 0 aliphatic carbocycles. The average molecular weight is 283 g/mol. The molecule has 2 heterocycles. The van der Waals surface area contributed by atoms with E-state index < -0.39 is 0 Å². The summed E-state index contributed by atoms with van der Waals surface area (Å²) in [5.41, 5.74) is 2.13. The van der Waals surface area contributed by atoms with Crippen LogP contribution in [-0.4, -0.2) is 15.8 Å². The van der Waals surface area contributed by atoms with Crippen molar-refractivity contribution in [1.82, 2.24) is 9.97 Å². The molecule has 0 saturated heterocycles. The van der Waals surface area contributed by atoms with Crippen molar-refractivity contribution in [3.05, 3.63) is 71.1 Å². The lowest BCUT2D eigenvalue weighted by Crippen LogP contribution is -2.07. The molecule has 4 heteroatoms. The van der Waals surface area contributed by atoms with Crippen LogP contribution in [-0.2, 0) is 6.42 Å². The monoisotopic (exact) mass is 282 g/mol. The van der Waals surface area contributed by atoms with Gasteiger partial charge in [0.2, 0.25) is 0 Å². The summed E-state index contributed by atoms with van der Waals surface area (Å²) in [4.78, 5) is 20.7. The number of rotatable bonds is 3. The number of carbonyl (C=O) groups excluding carboxylic acids is 1. The fourth-order valence-electron chi connectivity index (χ4n) is 2.16. The minimum absolute atomic E-state index is 0.0908. The summed E-state index contributed by atoms with van der Waals surface area (Å²) in [6.45, 7) is 0. The molecule has 3 aromatic rings. The molecular weight excluding hydrogens is 272 g/mol. The van der Waals surface area contributed by atoms with Crippen LogP contribution < -0.4 is 0 Å². The highest BCUT2D eigenvalue weighted by Crippen LogP contribution is 2.20. The minimum atomic E-state index is -0.0908. The number of hydrogen-bond donors (Lipinski definition) is 0. The van der Waals surface area contributed by atoms with E-state index in [1.165, 1.54) is 0 Å². The highest BCUT2D eigenvalue weighted by Gasteiger charge is 2.13. The number of hydrogen-bond acceptors (Lipinski definition) is 3. The molecule has 0 amide bonds. The molecule has 20 heavy (non-hydrogen) atoms. The molecule has 0 saturated carbocycles. The molecule has 3 rings (SSSR count). The smallest absolute Gasteiger partial charge is 0.187 e. The molecule has 0 bridgehead atoms. The van der Waals surface area contributed by atoms with Crippen LogP contribution in [0.25, 0.3) is 10.9 Å². The summed E-state index contributed by atoms with van der Waals surface area (Å²) >= 11 is 6.01. The number of halogens is 1. The molecule has 0 fully saturated rings. The first-order valence-corrected chi connectivity index (χ1v) is 6.60. The Hall–Kier alpha value is -2.26. The highest BCUT2D eigenvalue weighted by atomic mass is 35.5. The van der Waals surface area contributed by atoms with E-state index >= 15 is 0 Å². The lowest BCUT2D eigenvalue weighted by atomic mass is 10.0. The van der Waals surface area contributed by atoms with Gasteiger partial charge in [-0.3, -0.25) is 14.8 Å². The van der Waals surface area contributed by atoms with Crippen molar-refractivity contribution in [2.75, 3.05) is 0 Å². The Morgan fingerprint density at radius 2 is 1.85 bits per heavy atom. The highest BCUT2D eigenvalue weighted by molar-refractivity contribution is 6.33. The lowest BCUT2D eigenvalue weighted by Gasteiger charge is -2.06. The average Bonchev–Trinajstić information content (AvgIpc) is 2.48. The van der Waals surface area contributed by atoms with Crippen molar-refractivity contribution in [1.29, 1.82) is 0 Å². The van der Waals surface area contributed by atoms with Gasteiger partial charge in [0, 0.05) is 24.2 Å². The van der Waals surface area contributed by atoms with Crippen molar-refractivity contribution in [3.8, 4) is 0 Å². The van der Waals surface area contributed by atoms with Gasteiger partial charge in [0.25, 0.3) is 0 Å². The van der Waals surface area contributed by atoms with Crippen LogP contribution in [0, 0.1) is 0 Å². The number of para-hydroxylation sites is 1. The van der Waals surface area contributed by atoms with E-state index in [0.29, 0.717) is 10.7 Å². The molecule has 98 valence electrons. The number of carbonyl (C=O) groups is 1. The molecule has 0 aliphatic heterocycles. The van der Waals surface area contributed by atoms with Gasteiger partial charge in [-0.1, -0.05) is 29.8 Å². The van der Waals surface area contributed by atoms with Crippen molar-refractivity contribution in [2.45, 2.75) is 6.42 Å². The van der Waals surface area contributed by atoms with E-state index in [9.17, 15) is 4.79 Å². The van der Waals surface area contributed by atoms with Gasteiger partial charge in [-0.15, -0.1) is 0 Å². The van der Waals surface area contributed by atoms with E-state index in [2.05, 4.69) is 9.97 Å². The fourth-order valence-corrected chi connectivity index (χ4v) is 2.38. The second-order valence-corrected chi connectivity index (χ2v) is 4.83.